The number of nitrogens with zero attached hydrogens (tertiary/aromatic N) is 2. The fraction of sp³-hybridized carbons (Fsp3) is 0.111. The predicted octanol–water partition coefficient (Wildman–Crippen LogP) is 7.04. The second-order valence-electron chi connectivity index (χ2n) is 8.03. The van der Waals surface area contributed by atoms with Crippen LogP contribution in [0.25, 0.3) is 17.0 Å². The van der Waals surface area contributed by atoms with Crippen LogP contribution in [0.3, 0.4) is 0 Å². The van der Waals surface area contributed by atoms with Gasteiger partial charge in [-0.2, -0.15) is 0 Å². The van der Waals surface area contributed by atoms with Gasteiger partial charge in [0.15, 0.2) is 0 Å². The van der Waals surface area contributed by atoms with Crippen molar-refractivity contribution in [1.82, 2.24) is 9.47 Å². The number of carbonyl (C=O) groups excluding carboxylic acids is 1. The lowest BCUT2D eigenvalue weighted by Gasteiger charge is -2.14. The van der Waals surface area contributed by atoms with E-state index in [0.29, 0.717) is 27.9 Å². The number of aromatic nitrogens is 1. The molecular formula is C27H20BrFN2OS2. The molecule has 0 aliphatic carbocycles. The molecule has 3 aromatic carbocycles. The van der Waals surface area contributed by atoms with Gasteiger partial charge in [0.2, 0.25) is 0 Å². The molecule has 4 aromatic rings. The van der Waals surface area contributed by atoms with Gasteiger partial charge in [0.25, 0.3) is 5.91 Å². The molecule has 3 nitrogen and oxygen atoms in total. The first-order valence-corrected chi connectivity index (χ1v) is 12.8. The second kappa shape index (κ2) is 9.86. The molecule has 0 radical (unpaired) electrons. The molecule has 1 aliphatic rings. The largest absolute Gasteiger partial charge is 0.342 e. The molecule has 1 aliphatic heterocycles. The number of hydrogen-bond acceptors (Lipinski definition) is 3. The summed E-state index contributed by atoms with van der Waals surface area (Å²) in [5, 5.41) is 0.986. The van der Waals surface area contributed by atoms with E-state index < -0.39 is 0 Å². The van der Waals surface area contributed by atoms with E-state index in [1.165, 1.54) is 23.4 Å². The summed E-state index contributed by atoms with van der Waals surface area (Å²) in [7, 11) is 0. The van der Waals surface area contributed by atoms with Gasteiger partial charge in [0.1, 0.15) is 10.1 Å². The van der Waals surface area contributed by atoms with Crippen LogP contribution in [-0.4, -0.2) is 26.2 Å². The zero-order valence-corrected chi connectivity index (χ0v) is 21.3. The van der Waals surface area contributed by atoms with E-state index in [1.54, 1.807) is 17.0 Å². The highest BCUT2D eigenvalue weighted by Crippen LogP contribution is 2.35. The number of thiocarbonyl (C=S) groups is 1. The minimum Gasteiger partial charge on any atom is -0.342 e. The summed E-state index contributed by atoms with van der Waals surface area (Å²) in [6, 6.07) is 22.8. The van der Waals surface area contributed by atoms with Crippen molar-refractivity contribution in [3.63, 3.8) is 0 Å². The van der Waals surface area contributed by atoms with Gasteiger partial charge in [-0.15, -0.1) is 0 Å². The fourth-order valence-electron chi connectivity index (χ4n) is 4.07. The number of rotatable bonds is 6. The minimum absolute atomic E-state index is 0.0732. The molecule has 0 atom stereocenters. The molecule has 5 rings (SSSR count). The Morgan fingerprint density at radius 2 is 1.79 bits per heavy atom. The van der Waals surface area contributed by atoms with Crippen LogP contribution >= 0.6 is 39.9 Å². The Labute approximate surface area is 215 Å². The Hall–Kier alpha value is -2.74. The Bertz CT molecular complexity index is 1430. The van der Waals surface area contributed by atoms with Crippen LogP contribution in [0.5, 0.6) is 0 Å². The lowest BCUT2D eigenvalue weighted by atomic mass is 10.1. The summed E-state index contributed by atoms with van der Waals surface area (Å²) >= 11 is 10.4. The zero-order chi connectivity index (χ0) is 23.7. The molecule has 0 unspecified atom stereocenters. The van der Waals surface area contributed by atoms with E-state index >= 15 is 0 Å². The number of benzene rings is 3. The molecule has 0 saturated carbocycles. The van der Waals surface area contributed by atoms with Gasteiger partial charge in [-0.05, 0) is 42.3 Å². The van der Waals surface area contributed by atoms with Crippen LogP contribution in [0.1, 0.15) is 16.7 Å². The van der Waals surface area contributed by atoms with Crippen molar-refractivity contribution in [3.05, 3.63) is 111 Å². The molecule has 0 N–H and O–H groups in total. The van der Waals surface area contributed by atoms with Crippen LogP contribution in [0.15, 0.2) is 88.4 Å². The van der Waals surface area contributed by atoms with E-state index in [2.05, 4.69) is 28.1 Å². The standard InChI is InChI=1S/C27H20BrFN2OS2/c28-21-10-11-24-22(15-21)20(17-30(24)16-19-8-4-5-9-23(19)29)14-25-26(32)31(27(33)34-25)13-12-18-6-2-1-3-7-18/h1-11,14-15,17H,12-13,16H2/b25-14-. The SMILES string of the molecule is O=C1/C(=C/c2cn(Cc3ccccc3F)c3ccc(Br)cc23)SC(=S)N1CCc1ccccc1. The third-order valence-corrected chi connectivity index (χ3v) is 7.67. The average molecular weight is 552 g/mol. The lowest BCUT2D eigenvalue weighted by molar-refractivity contribution is -0.122. The van der Waals surface area contributed by atoms with Gasteiger partial charge in [-0.25, -0.2) is 4.39 Å². The van der Waals surface area contributed by atoms with Gasteiger partial charge in [-0.3, -0.25) is 9.69 Å². The van der Waals surface area contributed by atoms with Gasteiger partial charge in [0, 0.05) is 39.2 Å². The first-order valence-electron chi connectivity index (χ1n) is 10.8. The summed E-state index contributed by atoms with van der Waals surface area (Å²) < 4.78 is 17.8. The number of hydrogen-bond donors (Lipinski definition) is 0. The van der Waals surface area contributed by atoms with Gasteiger partial charge >= 0.3 is 0 Å². The molecule has 0 spiro atoms. The zero-order valence-electron chi connectivity index (χ0n) is 18.1. The Morgan fingerprint density at radius 1 is 1.03 bits per heavy atom. The first-order chi connectivity index (χ1) is 16.5. The van der Waals surface area contributed by atoms with Crippen LogP contribution in [0.4, 0.5) is 4.39 Å². The highest BCUT2D eigenvalue weighted by Gasteiger charge is 2.32. The van der Waals surface area contributed by atoms with Crippen LogP contribution < -0.4 is 0 Å². The second-order valence-corrected chi connectivity index (χ2v) is 10.6. The normalized spacial score (nSPS) is 15.1. The van der Waals surface area contributed by atoms with Crippen molar-refractivity contribution < 1.29 is 9.18 Å². The maximum Gasteiger partial charge on any atom is 0.266 e. The number of halogens is 2. The van der Waals surface area contributed by atoms with Crippen LogP contribution in [0, 0.1) is 5.82 Å². The van der Waals surface area contributed by atoms with Crippen molar-refractivity contribution in [3.8, 4) is 0 Å². The summed E-state index contributed by atoms with van der Waals surface area (Å²) in [5.41, 5.74) is 3.65. The number of carbonyl (C=O) groups is 1. The smallest absolute Gasteiger partial charge is 0.266 e. The summed E-state index contributed by atoms with van der Waals surface area (Å²) in [4.78, 5) is 15.4. The van der Waals surface area contributed by atoms with Crippen molar-refractivity contribution in [2.45, 2.75) is 13.0 Å². The number of thioether (sulfide) groups is 1. The Morgan fingerprint density at radius 3 is 2.59 bits per heavy atom. The lowest BCUT2D eigenvalue weighted by Crippen LogP contribution is -2.30. The quantitative estimate of drug-likeness (QED) is 0.190. The van der Waals surface area contributed by atoms with Crippen molar-refractivity contribution >= 4 is 67.1 Å². The maximum absolute atomic E-state index is 14.3. The van der Waals surface area contributed by atoms with E-state index in [4.69, 9.17) is 12.2 Å². The van der Waals surface area contributed by atoms with E-state index in [9.17, 15) is 9.18 Å². The van der Waals surface area contributed by atoms with Gasteiger partial charge in [-0.1, -0.05) is 88.4 Å². The fourth-order valence-corrected chi connectivity index (χ4v) is 5.73. The van der Waals surface area contributed by atoms with E-state index in [1.807, 2.05) is 59.3 Å². The molecule has 0 bridgehead atoms. The number of fused-ring (bicyclic) bond motifs is 1. The molecule has 2 heterocycles. The summed E-state index contributed by atoms with van der Waals surface area (Å²) in [5.74, 6) is -0.307. The van der Waals surface area contributed by atoms with Gasteiger partial charge in [0.05, 0.1) is 11.4 Å². The predicted molar refractivity (Wildman–Crippen MR) is 145 cm³/mol. The molecule has 7 heteroatoms. The summed E-state index contributed by atoms with van der Waals surface area (Å²) in [6.07, 6.45) is 4.62. The van der Waals surface area contributed by atoms with Crippen LogP contribution in [-0.2, 0) is 17.8 Å². The highest BCUT2D eigenvalue weighted by atomic mass is 79.9. The maximum atomic E-state index is 14.3. The summed E-state index contributed by atoms with van der Waals surface area (Å²) in [6.45, 7) is 0.948. The topological polar surface area (TPSA) is 25.2 Å². The highest BCUT2D eigenvalue weighted by molar-refractivity contribution is 9.10. The van der Waals surface area contributed by atoms with Gasteiger partial charge < -0.3 is 4.57 Å². The molecule has 1 saturated heterocycles. The third kappa shape index (κ3) is 4.73. The third-order valence-electron chi connectivity index (χ3n) is 5.80. The first kappa shape index (κ1) is 23.0. The monoisotopic (exact) mass is 550 g/mol. The van der Waals surface area contributed by atoms with Crippen molar-refractivity contribution in [1.29, 1.82) is 0 Å². The van der Waals surface area contributed by atoms with Crippen molar-refractivity contribution in [2.24, 2.45) is 0 Å². The van der Waals surface area contributed by atoms with Crippen LogP contribution in [0.2, 0.25) is 0 Å². The molecular weight excluding hydrogens is 531 g/mol. The molecule has 1 fully saturated rings. The number of amides is 1. The average Bonchev–Trinajstić information content (AvgIpc) is 3.30. The van der Waals surface area contributed by atoms with E-state index in [-0.39, 0.29) is 11.7 Å². The molecule has 1 amide bonds. The minimum atomic E-state index is -0.234. The Balaban J connectivity index is 1.45. The Kier molecular flexibility index (Phi) is 6.68. The van der Waals surface area contributed by atoms with E-state index in [0.717, 1.165) is 27.4 Å². The molecule has 34 heavy (non-hydrogen) atoms. The van der Waals surface area contributed by atoms with Crippen molar-refractivity contribution in [2.75, 3.05) is 6.54 Å². The molecule has 170 valence electrons. The molecule has 1 aromatic heterocycles.